The van der Waals surface area contributed by atoms with Crippen molar-refractivity contribution in [3.8, 4) is 0 Å². The molecule has 0 fully saturated rings. The molecule has 0 bridgehead atoms. The second-order valence-electron chi connectivity index (χ2n) is 3.84. The Labute approximate surface area is 103 Å². The van der Waals surface area contributed by atoms with Crippen LogP contribution in [0.5, 0.6) is 0 Å². The number of anilines is 2. The summed E-state index contributed by atoms with van der Waals surface area (Å²) >= 11 is 0. The van der Waals surface area contributed by atoms with E-state index >= 15 is 0 Å². The number of rotatable bonds is 4. The zero-order valence-corrected chi connectivity index (χ0v) is 9.58. The number of nitrogens with zero attached hydrogens (tertiary/aromatic N) is 4. The van der Waals surface area contributed by atoms with E-state index in [-0.39, 0.29) is 0 Å². The molecule has 0 radical (unpaired) electrons. The largest absolute Gasteiger partial charge is 0.423 e. The van der Waals surface area contributed by atoms with Crippen molar-refractivity contribution in [3.05, 3.63) is 30.6 Å². The maximum atomic E-state index is 5.67. The SMILES string of the molecule is Nc1ccc2nc(NCCn3ccnn3)oc2c1. The van der Waals surface area contributed by atoms with Crippen molar-refractivity contribution in [2.45, 2.75) is 6.54 Å². The number of nitrogen functional groups attached to an aromatic ring is 1. The fourth-order valence-electron chi connectivity index (χ4n) is 1.65. The molecule has 0 saturated heterocycles. The van der Waals surface area contributed by atoms with Crippen LogP contribution in [0.2, 0.25) is 0 Å². The molecule has 0 unspecified atom stereocenters. The van der Waals surface area contributed by atoms with Crippen LogP contribution < -0.4 is 11.1 Å². The third-order valence-electron chi connectivity index (χ3n) is 2.50. The van der Waals surface area contributed by atoms with Crippen LogP contribution in [0.1, 0.15) is 0 Å². The van der Waals surface area contributed by atoms with Gasteiger partial charge in [-0.3, -0.25) is 4.68 Å². The Hall–Kier alpha value is -2.57. The molecular formula is C11H12N6O. The summed E-state index contributed by atoms with van der Waals surface area (Å²) in [4.78, 5) is 4.29. The third-order valence-corrected chi connectivity index (χ3v) is 2.50. The molecule has 0 aliphatic carbocycles. The van der Waals surface area contributed by atoms with E-state index in [0.717, 1.165) is 5.52 Å². The van der Waals surface area contributed by atoms with Crippen LogP contribution in [0.4, 0.5) is 11.7 Å². The summed E-state index contributed by atoms with van der Waals surface area (Å²) < 4.78 is 7.25. The van der Waals surface area contributed by atoms with Crippen LogP contribution in [-0.2, 0) is 6.54 Å². The van der Waals surface area contributed by atoms with Gasteiger partial charge in [-0.05, 0) is 12.1 Å². The van der Waals surface area contributed by atoms with Gasteiger partial charge >= 0.3 is 0 Å². The second kappa shape index (κ2) is 4.36. The number of oxazole rings is 1. The number of nitrogens with one attached hydrogen (secondary N) is 1. The van der Waals surface area contributed by atoms with Gasteiger partial charge in [0.25, 0.3) is 6.01 Å². The molecule has 0 aliphatic heterocycles. The molecule has 3 N–H and O–H groups in total. The molecular weight excluding hydrogens is 232 g/mol. The first-order valence-corrected chi connectivity index (χ1v) is 5.55. The van der Waals surface area contributed by atoms with Crippen molar-refractivity contribution < 1.29 is 4.42 Å². The number of aromatic nitrogens is 4. The highest BCUT2D eigenvalue weighted by atomic mass is 16.4. The van der Waals surface area contributed by atoms with Crippen molar-refractivity contribution in [2.75, 3.05) is 17.6 Å². The maximum Gasteiger partial charge on any atom is 0.295 e. The first kappa shape index (κ1) is 10.6. The normalized spacial score (nSPS) is 10.9. The van der Waals surface area contributed by atoms with Crippen molar-refractivity contribution in [3.63, 3.8) is 0 Å². The summed E-state index contributed by atoms with van der Waals surface area (Å²) in [7, 11) is 0. The van der Waals surface area contributed by atoms with E-state index in [1.54, 1.807) is 29.2 Å². The molecule has 0 atom stereocenters. The first-order chi connectivity index (χ1) is 8.81. The van der Waals surface area contributed by atoms with Crippen molar-refractivity contribution in [1.29, 1.82) is 0 Å². The smallest absolute Gasteiger partial charge is 0.295 e. The summed E-state index contributed by atoms with van der Waals surface area (Å²) in [5, 5.41) is 10.7. The summed E-state index contributed by atoms with van der Waals surface area (Å²) in [6.45, 7) is 1.35. The first-order valence-electron chi connectivity index (χ1n) is 5.55. The van der Waals surface area contributed by atoms with Gasteiger partial charge in [0.1, 0.15) is 5.52 Å². The number of nitrogens with two attached hydrogens (primary N) is 1. The highest BCUT2D eigenvalue weighted by Gasteiger charge is 2.05. The van der Waals surface area contributed by atoms with Crippen molar-refractivity contribution >= 4 is 22.8 Å². The Morgan fingerprint density at radius 2 is 2.33 bits per heavy atom. The molecule has 7 nitrogen and oxygen atoms in total. The molecule has 3 aromatic rings. The topological polar surface area (TPSA) is 94.8 Å². The zero-order chi connectivity index (χ0) is 12.4. The van der Waals surface area contributed by atoms with Gasteiger partial charge in [-0.25, -0.2) is 0 Å². The summed E-state index contributed by atoms with van der Waals surface area (Å²) in [6.07, 6.45) is 3.44. The predicted octanol–water partition coefficient (Wildman–Crippen LogP) is 1.11. The highest BCUT2D eigenvalue weighted by Crippen LogP contribution is 2.20. The maximum absolute atomic E-state index is 5.67. The third kappa shape index (κ3) is 2.10. The van der Waals surface area contributed by atoms with E-state index in [2.05, 4.69) is 20.6 Å². The van der Waals surface area contributed by atoms with E-state index in [1.807, 2.05) is 6.07 Å². The molecule has 0 saturated carbocycles. The molecule has 0 aliphatic rings. The summed E-state index contributed by atoms with van der Waals surface area (Å²) in [6, 6.07) is 5.86. The molecule has 18 heavy (non-hydrogen) atoms. The minimum atomic E-state index is 0.482. The average Bonchev–Trinajstić information content (AvgIpc) is 2.97. The quantitative estimate of drug-likeness (QED) is 0.668. The van der Waals surface area contributed by atoms with E-state index in [0.29, 0.717) is 30.4 Å². The lowest BCUT2D eigenvalue weighted by molar-refractivity contribution is 0.581. The van der Waals surface area contributed by atoms with Crippen LogP contribution in [0.25, 0.3) is 11.1 Å². The number of hydrogen-bond acceptors (Lipinski definition) is 6. The fourth-order valence-corrected chi connectivity index (χ4v) is 1.65. The Morgan fingerprint density at radius 1 is 1.39 bits per heavy atom. The number of benzene rings is 1. The van der Waals surface area contributed by atoms with Crippen LogP contribution in [0, 0.1) is 0 Å². The predicted molar refractivity (Wildman–Crippen MR) is 66.9 cm³/mol. The Balaban J connectivity index is 1.67. The lowest BCUT2D eigenvalue weighted by Gasteiger charge is -2.00. The van der Waals surface area contributed by atoms with E-state index < -0.39 is 0 Å². The van der Waals surface area contributed by atoms with Crippen LogP contribution in [-0.4, -0.2) is 26.5 Å². The summed E-state index contributed by atoms with van der Waals surface area (Å²) in [5.74, 6) is 0. The van der Waals surface area contributed by atoms with Gasteiger partial charge in [0.2, 0.25) is 0 Å². The highest BCUT2D eigenvalue weighted by molar-refractivity contribution is 5.77. The summed E-state index contributed by atoms with van der Waals surface area (Å²) in [5.41, 5.74) is 7.79. The molecule has 92 valence electrons. The molecule has 2 heterocycles. The molecule has 0 spiro atoms. The standard InChI is InChI=1S/C11H12N6O/c12-8-1-2-9-10(7-8)18-11(15-9)13-3-5-17-6-4-14-16-17/h1-2,4,6-7H,3,5,12H2,(H,13,15). The van der Waals surface area contributed by atoms with E-state index in [9.17, 15) is 0 Å². The van der Waals surface area contributed by atoms with Crippen LogP contribution >= 0.6 is 0 Å². The van der Waals surface area contributed by atoms with Gasteiger partial charge in [-0.1, -0.05) is 5.21 Å². The molecule has 7 heteroatoms. The monoisotopic (exact) mass is 244 g/mol. The van der Waals surface area contributed by atoms with Crippen molar-refractivity contribution in [2.24, 2.45) is 0 Å². The Morgan fingerprint density at radius 3 is 3.17 bits per heavy atom. The number of hydrogen-bond donors (Lipinski definition) is 2. The van der Waals surface area contributed by atoms with E-state index in [4.69, 9.17) is 10.2 Å². The molecule has 3 rings (SSSR count). The molecule has 0 amide bonds. The fraction of sp³-hybridized carbons (Fsp3) is 0.182. The van der Waals surface area contributed by atoms with Gasteiger partial charge in [0, 0.05) is 24.5 Å². The van der Waals surface area contributed by atoms with Crippen LogP contribution in [0.15, 0.2) is 35.0 Å². The Bertz CT molecular complexity index is 645. The van der Waals surface area contributed by atoms with Gasteiger partial charge in [0.15, 0.2) is 5.58 Å². The van der Waals surface area contributed by atoms with Crippen molar-refractivity contribution in [1.82, 2.24) is 20.0 Å². The van der Waals surface area contributed by atoms with Gasteiger partial charge < -0.3 is 15.5 Å². The number of fused-ring (bicyclic) bond motifs is 1. The lowest BCUT2D eigenvalue weighted by atomic mass is 10.3. The lowest BCUT2D eigenvalue weighted by Crippen LogP contribution is -2.11. The molecule has 1 aromatic carbocycles. The minimum absolute atomic E-state index is 0.482. The van der Waals surface area contributed by atoms with Gasteiger partial charge in [-0.15, -0.1) is 5.10 Å². The Kier molecular flexibility index (Phi) is 2.56. The minimum Gasteiger partial charge on any atom is -0.423 e. The second-order valence-corrected chi connectivity index (χ2v) is 3.84. The van der Waals surface area contributed by atoms with Gasteiger partial charge in [-0.2, -0.15) is 4.98 Å². The molecule has 2 aromatic heterocycles. The van der Waals surface area contributed by atoms with E-state index in [1.165, 1.54) is 0 Å². The average molecular weight is 244 g/mol. The van der Waals surface area contributed by atoms with Gasteiger partial charge in [0.05, 0.1) is 12.7 Å². The van der Waals surface area contributed by atoms with Crippen LogP contribution in [0.3, 0.4) is 0 Å². The zero-order valence-electron chi connectivity index (χ0n) is 9.58.